The summed E-state index contributed by atoms with van der Waals surface area (Å²) in [6.07, 6.45) is 0. The Labute approximate surface area is 199 Å². The van der Waals surface area contributed by atoms with Crippen molar-refractivity contribution in [2.45, 2.75) is 78.1 Å². The molecule has 182 valence electrons. The Balaban J connectivity index is 1.99. The highest BCUT2D eigenvalue weighted by molar-refractivity contribution is 7.89. The summed E-state index contributed by atoms with van der Waals surface area (Å²) in [7, 11) is -7.52. The van der Waals surface area contributed by atoms with Crippen molar-refractivity contribution in [1.82, 2.24) is 8.61 Å². The number of aryl methyl sites for hydroxylation is 4. The molecule has 1 heterocycles. The van der Waals surface area contributed by atoms with E-state index in [0.717, 1.165) is 44.5 Å². The third kappa shape index (κ3) is 4.27. The van der Waals surface area contributed by atoms with Crippen molar-refractivity contribution >= 4 is 20.0 Å². The second-order valence-corrected chi connectivity index (χ2v) is 13.2. The summed E-state index contributed by atoms with van der Waals surface area (Å²) in [6, 6.07) is 3.53. The van der Waals surface area contributed by atoms with Gasteiger partial charge in [-0.3, -0.25) is 0 Å². The van der Waals surface area contributed by atoms with Gasteiger partial charge in [0.15, 0.2) is 0 Å². The van der Waals surface area contributed by atoms with Gasteiger partial charge in [0, 0.05) is 25.7 Å². The van der Waals surface area contributed by atoms with Crippen LogP contribution in [-0.4, -0.2) is 51.1 Å². The number of nitrogens with zero attached hydrogens (tertiary/aromatic N) is 2. The molecule has 1 aliphatic heterocycles. The van der Waals surface area contributed by atoms with E-state index in [4.69, 9.17) is 0 Å². The predicted octanol–water partition coefficient (Wildman–Crippen LogP) is 4.24. The van der Waals surface area contributed by atoms with Crippen molar-refractivity contribution in [2.75, 3.05) is 19.6 Å². The van der Waals surface area contributed by atoms with E-state index >= 15 is 0 Å². The van der Waals surface area contributed by atoms with Crippen molar-refractivity contribution in [3.05, 3.63) is 56.6 Å². The Morgan fingerprint density at radius 2 is 1.00 bits per heavy atom. The minimum Gasteiger partial charge on any atom is -0.207 e. The molecule has 0 aromatic heterocycles. The van der Waals surface area contributed by atoms with Crippen LogP contribution in [0.2, 0.25) is 0 Å². The van der Waals surface area contributed by atoms with Gasteiger partial charge < -0.3 is 0 Å². The molecule has 1 fully saturated rings. The summed E-state index contributed by atoms with van der Waals surface area (Å²) >= 11 is 0. The lowest BCUT2D eigenvalue weighted by Crippen LogP contribution is -2.55. The summed E-state index contributed by atoms with van der Waals surface area (Å²) in [5.74, 6) is 0. The Kier molecular flexibility index (Phi) is 6.90. The van der Waals surface area contributed by atoms with Crippen molar-refractivity contribution in [3.63, 3.8) is 0 Å². The number of sulfonamides is 2. The average molecular weight is 493 g/mol. The van der Waals surface area contributed by atoms with Gasteiger partial charge >= 0.3 is 0 Å². The Hall–Kier alpha value is -1.74. The molecule has 33 heavy (non-hydrogen) atoms. The largest absolute Gasteiger partial charge is 0.243 e. The minimum atomic E-state index is -3.77. The first-order valence-corrected chi connectivity index (χ1v) is 14.2. The van der Waals surface area contributed by atoms with Gasteiger partial charge in [0.1, 0.15) is 0 Å². The van der Waals surface area contributed by atoms with Crippen LogP contribution in [0.15, 0.2) is 21.9 Å². The SMILES string of the molecule is Cc1cc(C)c(C)c(S(=O)(=O)N2CCN(S(=O)(=O)c3c(C)c(C)cc(C)c3C)C(C)C2)c1C. The van der Waals surface area contributed by atoms with Crippen LogP contribution in [-0.2, 0) is 20.0 Å². The molecule has 0 N–H and O–H groups in total. The lowest BCUT2D eigenvalue weighted by Gasteiger charge is -2.39. The molecule has 3 rings (SSSR count). The van der Waals surface area contributed by atoms with Gasteiger partial charge in [-0.2, -0.15) is 8.61 Å². The monoisotopic (exact) mass is 492 g/mol. The molecule has 1 saturated heterocycles. The molecule has 1 atom stereocenters. The van der Waals surface area contributed by atoms with E-state index in [1.807, 2.05) is 67.5 Å². The molecule has 0 saturated carbocycles. The average Bonchev–Trinajstić information content (AvgIpc) is 2.70. The zero-order chi connectivity index (χ0) is 25.0. The fraction of sp³-hybridized carbons (Fsp3) is 0.520. The van der Waals surface area contributed by atoms with Gasteiger partial charge in [0.2, 0.25) is 20.0 Å². The summed E-state index contributed by atoms with van der Waals surface area (Å²) in [4.78, 5) is 0.702. The normalized spacial score (nSPS) is 18.6. The maximum atomic E-state index is 13.7. The van der Waals surface area contributed by atoms with Gasteiger partial charge in [-0.15, -0.1) is 0 Å². The fourth-order valence-electron chi connectivity index (χ4n) is 4.86. The van der Waals surface area contributed by atoms with E-state index in [1.165, 1.54) is 8.61 Å². The summed E-state index contributed by atoms with van der Waals surface area (Å²) in [5.41, 5.74) is 6.75. The van der Waals surface area contributed by atoms with E-state index in [9.17, 15) is 16.8 Å². The Morgan fingerprint density at radius 3 is 1.36 bits per heavy atom. The first-order valence-electron chi connectivity index (χ1n) is 11.3. The summed E-state index contributed by atoms with van der Waals surface area (Å²) < 4.78 is 57.7. The van der Waals surface area contributed by atoms with Crippen molar-refractivity contribution in [3.8, 4) is 0 Å². The van der Waals surface area contributed by atoms with Crippen LogP contribution in [0.25, 0.3) is 0 Å². The van der Waals surface area contributed by atoms with Crippen molar-refractivity contribution in [1.29, 1.82) is 0 Å². The number of rotatable bonds is 4. The van der Waals surface area contributed by atoms with E-state index in [2.05, 4.69) is 0 Å². The first kappa shape index (κ1) is 25.9. The molecule has 0 spiro atoms. The summed E-state index contributed by atoms with van der Waals surface area (Å²) in [5, 5.41) is 0. The van der Waals surface area contributed by atoms with Crippen LogP contribution >= 0.6 is 0 Å². The smallest absolute Gasteiger partial charge is 0.207 e. The topological polar surface area (TPSA) is 74.8 Å². The Bertz CT molecular complexity index is 1280. The molecule has 1 unspecified atom stereocenters. The molecule has 6 nitrogen and oxygen atoms in total. The lowest BCUT2D eigenvalue weighted by atomic mass is 10.0. The predicted molar refractivity (Wildman–Crippen MR) is 133 cm³/mol. The van der Waals surface area contributed by atoms with Crippen LogP contribution < -0.4 is 0 Å². The Morgan fingerprint density at radius 1 is 0.636 bits per heavy atom. The molecular formula is C25H36N2O4S2. The van der Waals surface area contributed by atoms with E-state index in [0.29, 0.717) is 9.79 Å². The number of hydrogen-bond donors (Lipinski definition) is 0. The van der Waals surface area contributed by atoms with Crippen LogP contribution in [0, 0.1) is 55.4 Å². The first-order chi connectivity index (χ1) is 15.1. The highest BCUT2D eigenvalue weighted by Crippen LogP contribution is 2.33. The molecule has 0 amide bonds. The number of hydrogen-bond acceptors (Lipinski definition) is 4. The van der Waals surface area contributed by atoms with Crippen LogP contribution in [0.3, 0.4) is 0 Å². The highest BCUT2D eigenvalue weighted by atomic mass is 32.2. The number of piperazine rings is 1. The maximum Gasteiger partial charge on any atom is 0.243 e. The quantitative estimate of drug-likeness (QED) is 0.640. The van der Waals surface area contributed by atoms with Gasteiger partial charge in [0.25, 0.3) is 0 Å². The molecule has 1 aliphatic rings. The third-order valence-corrected chi connectivity index (χ3v) is 11.7. The molecule has 0 aliphatic carbocycles. The van der Waals surface area contributed by atoms with Gasteiger partial charge in [0.05, 0.1) is 9.79 Å². The van der Waals surface area contributed by atoms with Gasteiger partial charge in [-0.1, -0.05) is 12.1 Å². The third-order valence-electron chi connectivity index (χ3n) is 7.29. The molecule has 8 heteroatoms. The molecule has 2 aromatic carbocycles. The van der Waals surface area contributed by atoms with Crippen molar-refractivity contribution < 1.29 is 16.8 Å². The lowest BCUT2D eigenvalue weighted by molar-refractivity contribution is 0.212. The van der Waals surface area contributed by atoms with Crippen LogP contribution in [0.1, 0.15) is 51.4 Å². The van der Waals surface area contributed by atoms with Crippen LogP contribution in [0.5, 0.6) is 0 Å². The number of benzene rings is 2. The van der Waals surface area contributed by atoms with Gasteiger partial charge in [-0.05, 0) is 107 Å². The zero-order valence-corrected chi connectivity index (χ0v) is 22.8. The molecular weight excluding hydrogens is 456 g/mol. The van der Waals surface area contributed by atoms with Crippen molar-refractivity contribution in [2.24, 2.45) is 0 Å². The second-order valence-electron chi connectivity index (χ2n) is 9.51. The van der Waals surface area contributed by atoms with E-state index < -0.39 is 26.1 Å². The standard InChI is InChI=1S/C25H36N2O4S2/c1-15-12-16(2)21(7)24(20(15)6)32(28,29)26-10-11-27(19(5)14-26)33(30,31)25-22(8)17(3)13-18(4)23(25)9/h12-13,19H,10-11,14H2,1-9H3. The van der Waals surface area contributed by atoms with Crippen LogP contribution in [0.4, 0.5) is 0 Å². The molecule has 0 radical (unpaired) electrons. The molecule has 2 aromatic rings. The minimum absolute atomic E-state index is 0.121. The second kappa shape index (κ2) is 8.80. The zero-order valence-electron chi connectivity index (χ0n) is 21.2. The van der Waals surface area contributed by atoms with E-state index in [-0.39, 0.29) is 19.6 Å². The van der Waals surface area contributed by atoms with E-state index in [1.54, 1.807) is 6.92 Å². The molecule has 0 bridgehead atoms. The van der Waals surface area contributed by atoms with Gasteiger partial charge in [-0.25, -0.2) is 16.8 Å². The fourth-order valence-corrected chi connectivity index (χ4v) is 9.15. The highest BCUT2D eigenvalue weighted by Gasteiger charge is 2.40. The summed E-state index contributed by atoms with van der Waals surface area (Å²) in [6.45, 7) is 17.2. The maximum absolute atomic E-state index is 13.7.